The van der Waals surface area contributed by atoms with Crippen LogP contribution in [0.2, 0.25) is 5.02 Å². The number of sulfone groups is 1. The van der Waals surface area contributed by atoms with Crippen molar-refractivity contribution in [2.45, 2.75) is 82.5 Å². The van der Waals surface area contributed by atoms with Gasteiger partial charge >= 0.3 is 4.71 Å². The average Bonchev–Trinajstić information content (AvgIpc) is 3.85. The Morgan fingerprint density at radius 2 is 1.62 bits per heavy atom. The minimum Gasteiger partial charge on any atom is -0.380 e. The number of rotatable bonds is 17. The van der Waals surface area contributed by atoms with Crippen LogP contribution < -0.4 is 14.9 Å². The predicted octanol–water partition coefficient (Wildman–Crippen LogP) is 9.00. The summed E-state index contributed by atoms with van der Waals surface area (Å²) in [4.78, 5) is 19.6. The van der Waals surface area contributed by atoms with E-state index in [0.717, 1.165) is 86.3 Å². The quantitative estimate of drug-likeness (QED) is 0.0778. The van der Waals surface area contributed by atoms with Gasteiger partial charge < -0.3 is 15.0 Å². The van der Waals surface area contributed by atoms with Gasteiger partial charge in [0.15, 0.2) is 0 Å². The first-order chi connectivity index (χ1) is 31.1. The second-order valence-electron chi connectivity index (χ2n) is 17.1. The van der Waals surface area contributed by atoms with E-state index in [9.17, 15) is 30.4 Å². The Hall–Kier alpha value is -3.74. The third-order valence-electron chi connectivity index (χ3n) is 12.7. The van der Waals surface area contributed by atoms with E-state index in [1.807, 2.05) is 47.2 Å². The number of carbonyl (C=O) groups is 1. The molecule has 2 N–H and O–H groups in total. The predicted molar refractivity (Wildman–Crippen MR) is 255 cm³/mol. The summed E-state index contributed by atoms with van der Waals surface area (Å²) >= 11 is 12.9. The van der Waals surface area contributed by atoms with Crippen molar-refractivity contribution in [2.24, 2.45) is 0 Å². The number of halogens is 4. The highest BCUT2D eigenvalue weighted by atomic mass is 35.5. The number of piperazine rings is 1. The maximum absolute atomic E-state index is 14.6. The lowest BCUT2D eigenvalue weighted by Gasteiger charge is -2.37. The summed E-state index contributed by atoms with van der Waals surface area (Å²) in [5, 5.41) is 3.86. The summed E-state index contributed by atoms with van der Waals surface area (Å²) < 4.78 is 86.2. The molecule has 65 heavy (non-hydrogen) atoms. The summed E-state index contributed by atoms with van der Waals surface area (Å²) in [6.07, 6.45) is 7.34. The molecule has 4 aromatic rings. The van der Waals surface area contributed by atoms with E-state index in [1.165, 1.54) is 59.9 Å². The number of allylic oxidation sites excluding steroid dienone is 1. The van der Waals surface area contributed by atoms with Gasteiger partial charge in [-0.05, 0) is 128 Å². The number of ether oxygens (including phenoxy) is 1. The smallest absolute Gasteiger partial charge is 0.380 e. The van der Waals surface area contributed by atoms with Gasteiger partial charge in [0.05, 0.1) is 28.2 Å². The number of anilines is 2. The van der Waals surface area contributed by atoms with E-state index in [2.05, 4.69) is 32.1 Å². The number of hydrogen-bond acceptors (Lipinski definition) is 11. The molecular weight excluding hydrogens is 936 g/mol. The van der Waals surface area contributed by atoms with Gasteiger partial charge in [0.1, 0.15) is 0 Å². The summed E-state index contributed by atoms with van der Waals surface area (Å²) in [6.45, 7) is 6.19. The topological polar surface area (TPSA) is 128 Å². The first kappa shape index (κ1) is 47.7. The summed E-state index contributed by atoms with van der Waals surface area (Å²) in [6, 6.07) is 26.9. The highest BCUT2D eigenvalue weighted by Crippen LogP contribution is 2.39. The van der Waals surface area contributed by atoms with Crippen LogP contribution in [0.15, 0.2) is 117 Å². The van der Waals surface area contributed by atoms with Crippen molar-refractivity contribution < 1.29 is 35.1 Å². The minimum absolute atomic E-state index is 0.0426. The number of likely N-dealkylation sites (tertiary alicyclic amines) is 1. The maximum Gasteiger partial charge on any atom is 0.427 e. The van der Waals surface area contributed by atoms with Gasteiger partial charge in [-0.3, -0.25) is 14.6 Å². The second kappa shape index (κ2) is 20.6. The Balaban J connectivity index is 0.930. The van der Waals surface area contributed by atoms with Crippen LogP contribution in [0.25, 0.3) is 5.57 Å². The molecule has 11 nitrogen and oxygen atoms in total. The first-order valence-electron chi connectivity index (χ1n) is 22.0. The minimum atomic E-state index is -5.62. The van der Waals surface area contributed by atoms with E-state index in [0.29, 0.717) is 31.4 Å². The van der Waals surface area contributed by atoms with Crippen LogP contribution in [0.3, 0.4) is 0 Å². The van der Waals surface area contributed by atoms with Gasteiger partial charge in [-0.25, -0.2) is 21.6 Å². The largest absolute Gasteiger partial charge is 0.427 e. The van der Waals surface area contributed by atoms with Crippen molar-refractivity contribution in [1.29, 1.82) is 0 Å². The molecule has 348 valence electrons. The van der Waals surface area contributed by atoms with Crippen molar-refractivity contribution in [3.05, 3.63) is 119 Å². The van der Waals surface area contributed by atoms with Crippen LogP contribution in [0.1, 0.15) is 60.9 Å². The standard InChI is InChI=1S/C47H53Cl2F2N5O6S3/c48-36-15-11-33(12-16-36)43-10-6-1-3-7-35(43)29-54-23-25-55(26-24-54)38-17-13-34(14-18-38)46(57)53-65(60,61)42-19-20-44(45(28-42)64(58,59)47(49,50)51)52-37(32-63-41-8-4-2-5-9-41)21-22-56-30-40-27-39(56)31-62-40/h2,4-5,8-9,11-20,28,37,39-40,52H,1,3,6-7,10,21-27,29-32H2,(H,53,57)/t37-,39?,40?/m1/s1. The highest BCUT2D eigenvalue weighted by molar-refractivity contribution is 7.99. The van der Waals surface area contributed by atoms with Crippen LogP contribution in [0.4, 0.5) is 20.2 Å². The Morgan fingerprint density at radius 1 is 0.892 bits per heavy atom. The van der Waals surface area contributed by atoms with E-state index < -0.39 is 46.3 Å². The normalized spacial score (nSPS) is 20.5. The molecule has 3 heterocycles. The number of nitrogens with zero attached hydrogens (tertiary/aromatic N) is 3. The van der Waals surface area contributed by atoms with E-state index >= 15 is 0 Å². The number of sulfonamides is 1. The zero-order valence-electron chi connectivity index (χ0n) is 35.8. The Morgan fingerprint density at radius 3 is 2.29 bits per heavy atom. The summed E-state index contributed by atoms with van der Waals surface area (Å²) in [5.74, 6) is -0.530. The molecule has 4 aromatic carbocycles. The van der Waals surface area contributed by atoms with Crippen LogP contribution in [0.5, 0.6) is 0 Å². The van der Waals surface area contributed by atoms with Gasteiger partial charge in [-0.1, -0.05) is 53.9 Å². The number of alkyl halides is 3. The Bertz CT molecular complexity index is 2560. The number of thioether (sulfide) groups is 1. The summed E-state index contributed by atoms with van der Waals surface area (Å²) in [5.41, 5.74) is 4.84. The van der Waals surface area contributed by atoms with Crippen LogP contribution >= 0.6 is 35.0 Å². The first-order valence-corrected chi connectivity index (χ1v) is 26.7. The summed E-state index contributed by atoms with van der Waals surface area (Å²) in [7, 11) is -10.4. The number of amides is 1. The molecular formula is C47H53Cl2F2N5O6S3. The third kappa shape index (κ3) is 11.7. The number of carbonyl (C=O) groups excluding carboxylic acids is 1. The lowest BCUT2D eigenvalue weighted by molar-refractivity contribution is 0.0299. The van der Waals surface area contributed by atoms with Gasteiger partial charge in [-0.2, -0.15) is 8.78 Å². The van der Waals surface area contributed by atoms with Crippen LogP contribution in [-0.4, -0.2) is 114 Å². The van der Waals surface area contributed by atoms with Crippen LogP contribution in [0, 0.1) is 0 Å². The van der Waals surface area contributed by atoms with Crippen molar-refractivity contribution in [2.75, 3.05) is 68.4 Å². The molecule has 0 aromatic heterocycles. The molecule has 1 amide bonds. The second-order valence-corrected chi connectivity index (χ2v) is 23.0. The molecule has 4 aliphatic rings. The van der Waals surface area contributed by atoms with Crippen molar-refractivity contribution in [3.8, 4) is 0 Å². The molecule has 3 atom stereocenters. The molecule has 3 fully saturated rings. The van der Waals surface area contributed by atoms with Crippen LogP contribution in [-0.2, 0) is 24.6 Å². The molecule has 18 heteroatoms. The molecule has 2 unspecified atom stereocenters. The van der Waals surface area contributed by atoms with E-state index in [4.69, 9.17) is 27.9 Å². The number of morpholine rings is 1. The SMILES string of the molecule is O=C(NS(=O)(=O)c1ccc(N[C@H](CCN2CC3CC2CO3)CSc2ccccc2)c(S(=O)(=O)C(F)(F)Cl)c1)c1ccc(N2CCN(CC3=C(c4ccc(Cl)cc4)CCCCC3)CC2)cc1. The Kier molecular flexibility index (Phi) is 15.2. The fourth-order valence-corrected chi connectivity index (χ4v) is 12.5. The molecule has 3 saturated heterocycles. The molecule has 0 saturated carbocycles. The average molecular weight is 989 g/mol. The number of nitrogens with one attached hydrogen (secondary N) is 2. The fourth-order valence-electron chi connectivity index (χ4n) is 9.16. The number of fused-ring (bicyclic) bond motifs is 2. The van der Waals surface area contributed by atoms with Gasteiger partial charge in [0.25, 0.3) is 25.8 Å². The zero-order chi connectivity index (χ0) is 45.8. The number of benzene rings is 4. The molecule has 1 aliphatic carbocycles. The highest BCUT2D eigenvalue weighted by Gasteiger charge is 2.46. The van der Waals surface area contributed by atoms with Gasteiger partial charge in [0.2, 0.25) is 0 Å². The molecule has 0 spiro atoms. The van der Waals surface area contributed by atoms with Gasteiger partial charge in [0, 0.05) is 84.8 Å². The lowest BCUT2D eigenvalue weighted by atomic mass is 9.95. The van der Waals surface area contributed by atoms with Crippen molar-refractivity contribution in [1.82, 2.24) is 14.5 Å². The number of hydrogen-bond donors (Lipinski definition) is 2. The van der Waals surface area contributed by atoms with Gasteiger partial charge in [-0.15, -0.1) is 11.8 Å². The molecule has 2 bridgehead atoms. The monoisotopic (exact) mass is 987 g/mol. The third-order valence-corrected chi connectivity index (χ3v) is 17.6. The Labute approximate surface area is 394 Å². The van der Waals surface area contributed by atoms with Crippen molar-refractivity contribution >= 4 is 77.7 Å². The molecule has 8 rings (SSSR count). The molecule has 3 aliphatic heterocycles. The maximum atomic E-state index is 14.6. The molecule has 0 radical (unpaired) electrons. The van der Waals surface area contributed by atoms with E-state index in [1.54, 1.807) is 12.1 Å². The van der Waals surface area contributed by atoms with E-state index in [-0.39, 0.29) is 23.4 Å². The zero-order valence-corrected chi connectivity index (χ0v) is 39.8. The van der Waals surface area contributed by atoms with Crippen molar-refractivity contribution in [3.63, 3.8) is 0 Å². The lowest BCUT2D eigenvalue weighted by Crippen LogP contribution is -2.47. The fraction of sp³-hybridized carbons (Fsp3) is 0.426.